The number of hydrogen-bond acceptors (Lipinski definition) is 2. The molecule has 2 aromatic rings. The minimum Gasteiger partial charge on any atom is -0.355 e. The van der Waals surface area contributed by atoms with E-state index < -0.39 is 0 Å². The lowest BCUT2D eigenvalue weighted by molar-refractivity contribution is -0.123. The van der Waals surface area contributed by atoms with Crippen LogP contribution in [0, 0.1) is 11.3 Å². The van der Waals surface area contributed by atoms with Crippen molar-refractivity contribution in [1.29, 1.82) is 0 Å². The number of nitrogens with one attached hydrogen (secondary N) is 1. The van der Waals surface area contributed by atoms with E-state index in [1.165, 1.54) is 27.8 Å². The Hall–Kier alpha value is -2.65. The molecule has 1 heterocycles. The Bertz CT molecular complexity index is 1000. The molecule has 2 fully saturated rings. The summed E-state index contributed by atoms with van der Waals surface area (Å²) in [5, 5.41) is 3.16. The molecular formula is C28H32N2O. The average molecular weight is 413 g/mol. The third-order valence-electron chi connectivity index (χ3n) is 7.27. The normalized spacial score (nSPS) is 21.8. The Balaban J connectivity index is 1.29. The van der Waals surface area contributed by atoms with Gasteiger partial charge in [-0.1, -0.05) is 80.1 Å². The summed E-state index contributed by atoms with van der Waals surface area (Å²) in [5.41, 5.74) is 8.50. The van der Waals surface area contributed by atoms with E-state index in [2.05, 4.69) is 84.7 Å². The molecule has 0 spiro atoms. The molecule has 5 rings (SSSR count). The lowest BCUT2D eigenvalue weighted by atomic mass is 9.86. The van der Waals surface area contributed by atoms with Gasteiger partial charge in [-0.05, 0) is 52.5 Å². The number of fused-ring (bicyclic) bond motifs is 2. The van der Waals surface area contributed by atoms with E-state index in [0.29, 0.717) is 0 Å². The molecule has 1 aliphatic heterocycles. The Morgan fingerprint density at radius 3 is 2.06 bits per heavy atom. The molecule has 1 N–H and O–H groups in total. The van der Waals surface area contributed by atoms with Crippen molar-refractivity contribution in [3.05, 3.63) is 76.4 Å². The Morgan fingerprint density at radius 2 is 1.52 bits per heavy atom. The topological polar surface area (TPSA) is 32.3 Å². The largest absolute Gasteiger partial charge is 0.355 e. The van der Waals surface area contributed by atoms with Crippen molar-refractivity contribution in [2.75, 3.05) is 26.2 Å². The third-order valence-corrected chi connectivity index (χ3v) is 7.27. The number of benzene rings is 2. The van der Waals surface area contributed by atoms with Gasteiger partial charge in [0.2, 0.25) is 5.91 Å². The number of hydrogen-bond donors (Lipinski definition) is 1. The first-order chi connectivity index (χ1) is 15.0. The smallest absolute Gasteiger partial charge is 0.223 e. The van der Waals surface area contributed by atoms with Crippen LogP contribution in [0.25, 0.3) is 17.7 Å². The molecule has 2 aromatic carbocycles. The number of carbonyl (C=O) groups is 1. The van der Waals surface area contributed by atoms with Crippen LogP contribution in [0.1, 0.15) is 55.4 Å². The maximum Gasteiger partial charge on any atom is 0.223 e. The molecule has 31 heavy (non-hydrogen) atoms. The van der Waals surface area contributed by atoms with Gasteiger partial charge in [-0.3, -0.25) is 4.79 Å². The Kier molecular flexibility index (Phi) is 5.31. The SMILES string of the molecule is CC1(C)CC1C(=O)NCCN1CCC(=C2c3ccccc3C=Cc3ccccc32)CC1. The van der Waals surface area contributed by atoms with Gasteiger partial charge in [-0.15, -0.1) is 0 Å². The van der Waals surface area contributed by atoms with Crippen LogP contribution in [0.2, 0.25) is 0 Å². The molecule has 0 aromatic heterocycles. The lowest BCUT2D eigenvalue weighted by Gasteiger charge is -2.30. The third kappa shape index (κ3) is 4.12. The van der Waals surface area contributed by atoms with Crippen LogP contribution < -0.4 is 5.32 Å². The second kappa shape index (κ2) is 8.12. The van der Waals surface area contributed by atoms with Gasteiger partial charge in [0.05, 0.1) is 0 Å². The standard InChI is InChI=1S/C28H32N2O/c1-28(2)19-25(28)27(31)29-15-18-30-16-13-22(14-17-30)26-23-9-5-3-7-20(23)11-12-21-8-4-6-10-24(21)26/h3-12,25H,13-19H2,1-2H3,(H,29,31). The molecule has 1 amide bonds. The maximum atomic E-state index is 12.2. The van der Waals surface area contributed by atoms with Crippen LogP contribution in [-0.2, 0) is 4.79 Å². The molecular weight excluding hydrogens is 380 g/mol. The molecule has 1 saturated heterocycles. The molecule has 1 unspecified atom stereocenters. The van der Waals surface area contributed by atoms with Gasteiger partial charge >= 0.3 is 0 Å². The van der Waals surface area contributed by atoms with Gasteiger partial charge in [0.1, 0.15) is 0 Å². The average Bonchev–Trinajstić information content (AvgIpc) is 3.47. The number of likely N-dealkylation sites (tertiary alicyclic amines) is 1. The summed E-state index contributed by atoms with van der Waals surface area (Å²) in [4.78, 5) is 14.7. The number of carbonyl (C=O) groups excluding carboxylic acids is 1. The van der Waals surface area contributed by atoms with E-state index in [0.717, 1.165) is 45.4 Å². The minimum absolute atomic E-state index is 0.205. The highest BCUT2D eigenvalue weighted by Gasteiger charge is 2.50. The Morgan fingerprint density at radius 1 is 0.968 bits per heavy atom. The van der Waals surface area contributed by atoms with Crippen molar-refractivity contribution in [3.8, 4) is 0 Å². The first kappa shape index (κ1) is 20.3. The summed E-state index contributed by atoms with van der Waals surface area (Å²) < 4.78 is 0. The molecule has 1 atom stereocenters. The maximum absolute atomic E-state index is 12.2. The first-order valence-electron chi connectivity index (χ1n) is 11.6. The van der Waals surface area contributed by atoms with E-state index in [1.807, 2.05) is 0 Å². The van der Waals surface area contributed by atoms with Crippen molar-refractivity contribution in [2.24, 2.45) is 11.3 Å². The summed E-state index contributed by atoms with van der Waals surface area (Å²) in [6, 6.07) is 17.5. The van der Waals surface area contributed by atoms with Gasteiger partial charge in [0.25, 0.3) is 0 Å². The highest BCUT2D eigenvalue weighted by Crippen LogP contribution is 2.51. The van der Waals surface area contributed by atoms with Crippen molar-refractivity contribution in [3.63, 3.8) is 0 Å². The summed E-state index contributed by atoms with van der Waals surface area (Å²) in [7, 11) is 0. The van der Waals surface area contributed by atoms with Gasteiger partial charge in [0.15, 0.2) is 0 Å². The van der Waals surface area contributed by atoms with Crippen LogP contribution in [0.15, 0.2) is 54.1 Å². The van der Waals surface area contributed by atoms with E-state index in [9.17, 15) is 4.79 Å². The van der Waals surface area contributed by atoms with E-state index in [1.54, 1.807) is 5.57 Å². The summed E-state index contributed by atoms with van der Waals surface area (Å²) >= 11 is 0. The van der Waals surface area contributed by atoms with Crippen molar-refractivity contribution >= 4 is 23.6 Å². The number of nitrogens with zero attached hydrogens (tertiary/aromatic N) is 1. The van der Waals surface area contributed by atoms with E-state index in [-0.39, 0.29) is 17.2 Å². The van der Waals surface area contributed by atoms with Crippen molar-refractivity contribution in [1.82, 2.24) is 10.2 Å². The summed E-state index contributed by atoms with van der Waals surface area (Å²) in [5.74, 6) is 0.457. The van der Waals surface area contributed by atoms with Gasteiger partial charge < -0.3 is 10.2 Å². The summed E-state index contributed by atoms with van der Waals surface area (Å²) in [6.45, 7) is 8.17. The predicted molar refractivity (Wildman–Crippen MR) is 128 cm³/mol. The fourth-order valence-corrected chi connectivity index (χ4v) is 5.12. The van der Waals surface area contributed by atoms with Crippen molar-refractivity contribution in [2.45, 2.75) is 33.1 Å². The fourth-order valence-electron chi connectivity index (χ4n) is 5.12. The molecule has 3 heteroatoms. The number of amides is 1. The zero-order chi connectivity index (χ0) is 21.4. The minimum atomic E-state index is 0.205. The van der Waals surface area contributed by atoms with Crippen LogP contribution in [0.4, 0.5) is 0 Å². The fraction of sp³-hybridized carbons (Fsp3) is 0.393. The van der Waals surface area contributed by atoms with Gasteiger partial charge in [-0.25, -0.2) is 0 Å². The van der Waals surface area contributed by atoms with E-state index in [4.69, 9.17) is 0 Å². The number of piperidine rings is 1. The lowest BCUT2D eigenvalue weighted by Crippen LogP contribution is -2.39. The predicted octanol–water partition coefficient (Wildman–Crippen LogP) is 5.23. The molecule has 3 nitrogen and oxygen atoms in total. The molecule has 0 bridgehead atoms. The highest BCUT2D eigenvalue weighted by molar-refractivity contribution is 5.94. The van der Waals surface area contributed by atoms with Crippen LogP contribution in [-0.4, -0.2) is 37.0 Å². The molecule has 1 saturated carbocycles. The van der Waals surface area contributed by atoms with Crippen molar-refractivity contribution < 1.29 is 4.79 Å². The molecule has 2 aliphatic carbocycles. The number of rotatable bonds is 4. The van der Waals surface area contributed by atoms with E-state index >= 15 is 0 Å². The summed E-state index contributed by atoms with van der Waals surface area (Å²) in [6.07, 6.45) is 7.70. The highest BCUT2D eigenvalue weighted by atomic mass is 16.2. The molecule has 3 aliphatic rings. The second-order valence-corrected chi connectivity index (χ2v) is 9.86. The van der Waals surface area contributed by atoms with Gasteiger partial charge in [0, 0.05) is 32.1 Å². The zero-order valence-electron chi connectivity index (χ0n) is 18.7. The molecule has 160 valence electrons. The first-order valence-corrected chi connectivity index (χ1v) is 11.6. The molecule has 0 radical (unpaired) electrons. The van der Waals surface area contributed by atoms with Crippen LogP contribution in [0.3, 0.4) is 0 Å². The Labute approximate surface area is 185 Å². The second-order valence-electron chi connectivity index (χ2n) is 9.86. The quantitative estimate of drug-likeness (QED) is 0.636. The van der Waals surface area contributed by atoms with Crippen LogP contribution in [0.5, 0.6) is 0 Å². The van der Waals surface area contributed by atoms with Crippen LogP contribution >= 0.6 is 0 Å². The monoisotopic (exact) mass is 412 g/mol. The van der Waals surface area contributed by atoms with Gasteiger partial charge in [-0.2, -0.15) is 0 Å². The zero-order valence-corrected chi connectivity index (χ0v) is 18.7.